The Bertz CT molecular complexity index is 961. The summed E-state index contributed by atoms with van der Waals surface area (Å²) in [5.74, 6) is 0.681. The monoisotopic (exact) mass is 523 g/mol. The highest BCUT2D eigenvalue weighted by Crippen LogP contribution is 2.28. The maximum atomic E-state index is 12.6. The molecule has 0 atom stereocenters. The summed E-state index contributed by atoms with van der Waals surface area (Å²) in [5, 5.41) is 12.2. The maximum Gasteiger partial charge on any atom is 0.411 e. The molecule has 1 heterocycles. The van der Waals surface area contributed by atoms with E-state index in [9.17, 15) is 9.59 Å². The second-order valence-electron chi connectivity index (χ2n) is 10.3. The molecule has 38 heavy (non-hydrogen) atoms. The Morgan fingerprint density at radius 3 is 2.34 bits per heavy atom. The van der Waals surface area contributed by atoms with Crippen LogP contribution in [0.3, 0.4) is 0 Å². The molecule has 0 unspecified atom stereocenters. The van der Waals surface area contributed by atoms with Crippen molar-refractivity contribution in [1.82, 2.24) is 20.9 Å². The van der Waals surface area contributed by atoms with E-state index in [1.807, 2.05) is 54.6 Å². The van der Waals surface area contributed by atoms with Gasteiger partial charge in [0.25, 0.3) is 0 Å². The van der Waals surface area contributed by atoms with Gasteiger partial charge in [-0.05, 0) is 56.3 Å². The van der Waals surface area contributed by atoms with Gasteiger partial charge in [0.2, 0.25) is 0 Å². The molecule has 3 rings (SSSR count). The van der Waals surface area contributed by atoms with E-state index in [1.54, 1.807) is 0 Å². The van der Waals surface area contributed by atoms with E-state index in [-0.39, 0.29) is 12.1 Å². The number of carbonyl (C=O) groups is 2. The van der Waals surface area contributed by atoms with Gasteiger partial charge in [0.15, 0.2) is 0 Å². The molecule has 1 fully saturated rings. The minimum Gasteiger partial charge on any atom is -0.446 e. The van der Waals surface area contributed by atoms with E-state index in [0.717, 1.165) is 81.6 Å². The Morgan fingerprint density at radius 2 is 1.58 bits per heavy atom. The number of amides is 3. The van der Waals surface area contributed by atoms with Crippen LogP contribution in [-0.2, 0) is 4.74 Å². The number of hydrogen-bond acceptors (Lipinski definition) is 5. The molecular weight excluding hydrogens is 478 g/mol. The number of carbonyl (C=O) groups excluding carboxylic acids is 2. The lowest BCUT2D eigenvalue weighted by molar-refractivity contribution is 0.0594. The van der Waals surface area contributed by atoms with Gasteiger partial charge < -0.3 is 25.6 Å². The Balaban J connectivity index is 1.24. The molecule has 8 nitrogen and oxygen atoms in total. The zero-order valence-electron chi connectivity index (χ0n) is 23.0. The third-order valence-electron chi connectivity index (χ3n) is 6.64. The Kier molecular flexibility index (Phi) is 12.9. The summed E-state index contributed by atoms with van der Waals surface area (Å²) in [6.45, 7) is 10.3. The number of nitrogens with one attached hydrogen (secondary N) is 4. The highest BCUT2D eigenvalue weighted by Gasteiger charge is 2.22. The lowest BCUT2D eigenvalue weighted by Crippen LogP contribution is -2.44. The largest absolute Gasteiger partial charge is 0.446 e. The highest BCUT2D eigenvalue weighted by atomic mass is 16.6. The van der Waals surface area contributed by atoms with E-state index in [2.05, 4.69) is 40.0 Å². The minimum atomic E-state index is -0.419. The predicted octanol–water partition coefficient (Wildman–Crippen LogP) is 5.08. The van der Waals surface area contributed by atoms with Crippen LogP contribution in [0.2, 0.25) is 0 Å². The first-order valence-electron chi connectivity index (χ1n) is 14.1. The summed E-state index contributed by atoms with van der Waals surface area (Å²) in [4.78, 5) is 26.9. The van der Waals surface area contributed by atoms with Gasteiger partial charge in [0.1, 0.15) is 6.10 Å². The number of anilines is 1. The molecule has 3 amide bonds. The van der Waals surface area contributed by atoms with Gasteiger partial charge in [-0.25, -0.2) is 9.59 Å². The van der Waals surface area contributed by atoms with Crippen molar-refractivity contribution in [2.45, 2.75) is 52.1 Å². The number of urea groups is 1. The van der Waals surface area contributed by atoms with Crippen LogP contribution < -0.4 is 21.3 Å². The van der Waals surface area contributed by atoms with Crippen LogP contribution in [0, 0.1) is 5.92 Å². The Hall–Kier alpha value is -3.10. The third kappa shape index (κ3) is 11.1. The normalized spacial score (nSPS) is 14.3. The second kappa shape index (κ2) is 16.7. The number of para-hydroxylation sites is 1. The summed E-state index contributed by atoms with van der Waals surface area (Å²) in [5.41, 5.74) is 2.75. The molecule has 1 aliphatic heterocycles. The SMILES string of the molecule is CC(C)CNCCCCCNC(=O)NCCN1CCC(OC(=O)Nc2ccccc2-c2ccccc2)CC1. The number of ether oxygens (including phenoxy) is 1. The first-order chi connectivity index (χ1) is 18.5. The molecule has 0 bridgehead atoms. The van der Waals surface area contributed by atoms with Crippen LogP contribution in [0.1, 0.15) is 46.0 Å². The second-order valence-corrected chi connectivity index (χ2v) is 10.3. The van der Waals surface area contributed by atoms with Gasteiger partial charge in [0, 0.05) is 38.3 Å². The topological polar surface area (TPSA) is 94.7 Å². The van der Waals surface area contributed by atoms with Crippen LogP contribution in [0.25, 0.3) is 11.1 Å². The van der Waals surface area contributed by atoms with Gasteiger partial charge in [-0.2, -0.15) is 0 Å². The van der Waals surface area contributed by atoms with Crippen molar-refractivity contribution in [3.8, 4) is 11.1 Å². The molecule has 8 heteroatoms. The molecule has 2 aromatic carbocycles. The predicted molar refractivity (Wildman–Crippen MR) is 154 cm³/mol. The van der Waals surface area contributed by atoms with Crippen LogP contribution >= 0.6 is 0 Å². The van der Waals surface area contributed by atoms with E-state index in [0.29, 0.717) is 19.0 Å². The number of nitrogens with zero attached hydrogens (tertiary/aromatic N) is 1. The number of likely N-dealkylation sites (tertiary alicyclic amines) is 1. The summed E-state index contributed by atoms with van der Waals surface area (Å²) in [6, 6.07) is 17.6. The lowest BCUT2D eigenvalue weighted by atomic mass is 10.0. The molecule has 4 N–H and O–H groups in total. The first-order valence-corrected chi connectivity index (χ1v) is 14.1. The molecule has 0 aliphatic carbocycles. The zero-order valence-corrected chi connectivity index (χ0v) is 23.0. The number of unbranched alkanes of at least 4 members (excludes halogenated alkanes) is 2. The van der Waals surface area contributed by atoms with Gasteiger partial charge in [-0.15, -0.1) is 0 Å². The molecule has 1 aliphatic rings. The van der Waals surface area contributed by atoms with Gasteiger partial charge in [0.05, 0.1) is 5.69 Å². The van der Waals surface area contributed by atoms with Crippen LogP contribution in [0.4, 0.5) is 15.3 Å². The van der Waals surface area contributed by atoms with Gasteiger partial charge in [-0.3, -0.25) is 5.32 Å². The summed E-state index contributed by atoms with van der Waals surface area (Å²) in [7, 11) is 0. The summed E-state index contributed by atoms with van der Waals surface area (Å²) < 4.78 is 5.71. The summed E-state index contributed by atoms with van der Waals surface area (Å²) >= 11 is 0. The van der Waals surface area contributed by atoms with E-state index >= 15 is 0 Å². The van der Waals surface area contributed by atoms with Crippen molar-refractivity contribution in [3.63, 3.8) is 0 Å². The van der Waals surface area contributed by atoms with Crippen LogP contribution in [-0.4, -0.2) is 68.9 Å². The van der Waals surface area contributed by atoms with Gasteiger partial charge in [-0.1, -0.05) is 68.8 Å². The van der Waals surface area contributed by atoms with Crippen LogP contribution in [0.15, 0.2) is 54.6 Å². The Morgan fingerprint density at radius 1 is 0.895 bits per heavy atom. The van der Waals surface area contributed by atoms with E-state index in [1.165, 1.54) is 0 Å². The number of rotatable bonds is 14. The first kappa shape index (κ1) is 29.5. The molecule has 0 spiro atoms. The van der Waals surface area contributed by atoms with Crippen LogP contribution in [0.5, 0.6) is 0 Å². The zero-order chi connectivity index (χ0) is 27.0. The van der Waals surface area contributed by atoms with Crippen molar-refractivity contribution in [2.24, 2.45) is 5.92 Å². The fourth-order valence-corrected chi connectivity index (χ4v) is 4.54. The van der Waals surface area contributed by atoms with Crippen molar-refractivity contribution in [3.05, 3.63) is 54.6 Å². The molecule has 208 valence electrons. The standard InChI is InChI=1S/C30H45N5O3/c1-24(2)23-31-17-9-4-10-18-32-29(36)33-19-22-35-20-15-26(16-21-35)38-30(37)34-28-14-8-7-13-27(28)25-11-5-3-6-12-25/h3,5-8,11-14,24,26,31H,4,9-10,15-23H2,1-2H3,(H,34,37)(H2,32,33,36). The van der Waals surface area contributed by atoms with Gasteiger partial charge >= 0.3 is 12.1 Å². The lowest BCUT2D eigenvalue weighted by Gasteiger charge is -2.31. The quantitative estimate of drug-likeness (QED) is 0.259. The minimum absolute atomic E-state index is 0.103. The smallest absolute Gasteiger partial charge is 0.411 e. The molecule has 1 saturated heterocycles. The molecule has 0 radical (unpaired) electrons. The number of benzene rings is 2. The molecule has 0 aromatic heterocycles. The van der Waals surface area contributed by atoms with Crippen molar-refractivity contribution in [2.75, 3.05) is 51.1 Å². The van der Waals surface area contributed by atoms with E-state index in [4.69, 9.17) is 4.74 Å². The highest BCUT2D eigenvalue weighted by molar-refractivity contribution is 5.91. The Labute approximate surface area is 227 Å². The summed E-state index contributed by atoms with van der Waals surface area (Å²) in [6.07, 6.45) is 4.29. The molecule has 2 aromatic rings. The fraction of sp³-hybridized carbons (Fsp3) is 0.533. The van der Waals surface area contributed by atoms with Crippen molar-refractivity contribution >= 4 is 17.8 Å². The average Bonchev–Trinajstić information content (AvgIpc) is 2.92. The fourth-order valence-electron chi connectivity index (χ4n) is 4.54. The van der Waals surface area contributed by atoms with Crippen molar-refractivity contribution < 1.29 is 14.3 Å². The number of piperidine rings is 1. The average molecular weight is 524 g/mol. The third-order valence-corrected chi connectivity index (χ3v) is 6.64. The van der Waals surface area contributed by atoms with E-state index < -0.39 is 6.09 Å². The maximum absolute atomic E-state index is 12.6. The number of hydrogen-bond donors (Lipinski definition) is 4. The molecule has 0 saturated carbocycles. The van der Waals surface area contributed by atoms with Crippen molar-refractivity contribution in [1.29, 1.82) is 0 Å². The molecular formula is C30H45N5O3.